The van der Waals surface area contributed by atoms with E-state index >= 15 is 0 Å². The van der Waals surface area contributed by atoms with Gasteiger partial charge in [0.05, 0.1) is 29.7 Å². The molecule has 0 amide bonds. The monoisotopic (exact) mass is 285 g/mol. The Morgan fingerprint density at radius 1 is 1.39 bits per heavy atom. The predicted molar refractivity (Wildman–Crippen MR) is 73.2 cm³/mol. The second-order valence-electron chi connectivity index (χ2n) is 3.92. The molecule has 0 aliphatic rings. The van der Waals surface area contributed by atoms with Crippen LogP contribution in [0.5, 0.6) is 0 Å². The van der Waals surface area contributed by atoms with Gasteiger partial charge in [0.2, 0.25) is 0 Å². The number of anilines is 1. The van der Waals surface area contributed by atoms with E-state index in [4.69, 9.17) is 23.2 Å². The largest absolute Gasteiger partial charge is 0.389 e. The van der Waals surface area contributed by atoms with E-state index in [9.17, 15) is 5.11 Å². The fourth-order valence-electron chi connectivity index (χ4n) is 1.56. The van der Waals surface area contributed by atoms with E-state index in [2.05, 4.69) is 10.3 Å². The third-order valence-corrected chi connectivity index (χ3v) is 2.99. The van der Waals surface area contributed by atoms with Crippen LogP contribution in [0.4, 0.5) is 5.69 Å². The second kappa shape index (κ2) is 6.09. The van der Waals surface area contributed by atoms with Crippen molar-refractivity contribution in [2.24, 2.45) is 0 Å². The minimum absolute atomic E-state index is 0.402. The molecule has 0 radical (unpaired) electrons. The van der Waals surface area contributed by atoms with Crippen LogP contribution in [0.3, 0.4) is 0 Å². The summed E-state index contributed by atoms with van der Waals surface area (Å²) in [4.78, 5) is 3.91. The Morgan fingerprint density at radius 2 is 2.22 bits per heavy atom. The molecule has 96 valence electrons. The molecule has 0 saturated heterocycles. The number of hydrogen-bond donors (Lipinski definition) is 2. The molecule has 2 aromatic rings. The van der Waals surface area contributed by atoms with Gasteiger partial charge in [0.1, 0.15) is 0 Å². The number of aliphatic hydroxyl groups is 1. The molecule has 0 spiro atoms. The van der Waals surface area contributed by atoms with E-state index in [0.29, 0.717) is 23.1 Å². The van der Waals surface area contributed by atoms with Crippen LogP contribution >= 0.6 is 23.2 Å². The molecule has 2 N–H and O–H groups in total. The lowest BCUT2D eigenvalue weighted by Gasteiger charge is -2.14. The van der Waals surface area contributed by atoms with Crippen molar-refractivity contribution in [3.05, 3.63) is 47.0 Å². The second-order valence-corrected chi connectivity index (χ2v) is 4.76. The molecule has 1 atom stereocenters. The number of rotatable bonds is 5. The molecule has 1 heterocycles. The average molecular weight is 286 g/mol. The number of aliphatic hydroxyl groups excluding tert-OH is 1. The highest BCUT2D eigenvalue weighted by molar-refractivity contribution is 6.36. The average Bonchev–Trinajstić information content (AvgIpc) is 2.80. The highest BCUT2D eigenvalue weighted by atomic mass is 35.5. The van der Waals surface area contributed by atoms with Gasteiger partial charge in [0.15, 0.2) is 0 Å². The van der Waals surface area contributed by atoms with Crippen molar-refractivity contribution < 1.29 is 5.11 Å². The molecule has 0 aliphatic carbocycles. The van der Waals surface area contributed by atoms with Crippen molar-refractivity contribution in [1.29, 1.82) is 0 Å². The minimum atomic E-state index is -0.522. The third-order valence-electron chi connectivity index (χ3n) is 2.44. The summed E-state index contributed by atoms with van der Waals surface area (Å²) in [5.74, 6) is 0. The lowest BCUT2D eigenvalue weighted by atomic mass is 10.3. The summed E-state index contributed by atoms with van der Waals surface area (Å²) in [5.41, 5.74) is 0.755. The van der Waals surface area contributed by atoms with Crippen LogP contribution in [0, 0.1) is 0 Å². The fraction of sp³-hybridized carbons (Fsp3) is 0.250. The molecule has 0 aliphatic heterocycles. The summed E-state index contributed by atoms with van der Waals surface area (Å²) in [6.45, 7) is 0.887. The Bertz CT molecular complexity index is 502. The molecule has 6 heteroatoms. The van der Waals surface area contributed by atoms with Gasteiger partial charge in [-0.25, -0.2) is 4.98 Å². The zero-order chi connectivity index (χ0) is 13.0. The van der Waals surface area contributed by atoms with Gasteiger partial charge in [-0.05, 0) is 18.2 Å². The van der Waals surface area contributed by atoms with Crippen LogP contribution in [0.25, 0.3) is 0 Å². The van der Waals surface area contributed by atoms with Crippen molar-refractivity contribution in [2.45, 2.75) is 12.6 Å². The van der Waals surface area contributed by atoms with Crippen LogP contribution in [0.15, 0.2) is 36.9 Å². The Kier molecular flexibility index (Phi) is 4.47. The number of aromatic nitrogens is 2. The number of hydrogen-bond acceptors (Lipinski definition) is 3. The molecule has 1 unspecified atom stereocenters. The fourth-order valence-corrected chi connectivity index (χ4v) is 2.04. The lowest BCUT2D eigenvalue weighted by Crippen LogP contribution is -2.24. The smallest absolute Gasteiger partial charge is 0.0946 e. The van der Waals surface area contributed by atoms with Gasteiger partial charge in [-0.15, -0.1) is 0 Å². The first-order valence-electron chi connectivity index (χ1n) is 5.48. The number of halogens is 2. The highest BCUT2D eigenvalue weighted by Crippen LogP contribution is 2.25. The molecular weight excluding hydrogens is 273 g/mol. The van der Waals surface area contributed by atoms with Crippen LogP contribution in [0.2, 0.25) is 10.0 Å². The van der Waals surface area contributed by atoms with Crippen molar-refractivity contribution in [2.75, 3.05) is 11.9 Å². The van der Waals surface area contributed by atoms with E-state index in [1.807, 2.05) is 4.57 Å². The Balaban J connectivity index is 1.87. The molecule has 18 heavy (non-hydrogen) atoms. The van der Waals surface area contributed by atoms with Crippen molar-refractivity contribution in [3.8, 4) is 0 Å². The molecule has 1 aromatic carbocycles. The highest BCUT2D eigenvalue weighted by Gasteiger charge is 2.06. The SMILES string of the molecule is OC(CNc1ccc(Cl)cc1Cl)Cn1ccnc1. The maximum Gasteiger partial charge on any atom is 0.0946 e. The zero-order valence-electron chi connectivity index (χ0n) is 9.55. The zero-order valence-corrected chi connectivity index (χ0v) is 11.1. The molecule has 4 nitrogen and oxygen atoms in total. The number of nitrogens with one attached hydrogen (secondary N) is 1. The maximum absolute atomic E-state index is 9.85. The minimum Gasteiger partial charge on any atom is -0.389 e. The summed E-state index contributed by atoms with van der Waals surface area (Å²) < 4.78 is 1.82. The van der Waals surface area contributed by atoms with Gasteiger partial charge in [0.25, 0.3) is 0 Å². The summed E-state index contributed by atoms with van der Waals surface area (Å²) in [7, 11) is 0. The first-order valence-corrected chi connectivity index (χ1v) is 6.23. The third kappa shape index (κ3) is 3.63. The first-order chi connectivity index (χ1) is 8.65. The molecule has 1 aromatic heterocycles. The number of nitrogens with zero attached hydrogens (tertiary/aromatic N) is 2. The normalized spacial score (nSPS) is 12.4. The summed E-state index contributed by atoms with van der Waals surface area (Å²) in [6, 6.07) is 5.19. The van der Waals surface area contributed by atoms with Gasteiger partial charge in [-0.2, -0.15) is 0 Å². The van der Waals surface area contributed by atoms with Crippen LogP contribution in [-0.2, 0) is 6.54 Å². The Morgan fingerprint density at radius 3 is 2.89 bits per heavy atom. The van der Waals surface area contributed by atoms with Crippen molar-refractivity contribution in [1.82, 2.24) is 9.55 Å². The topological polar surface area (TPSA) is 50.1 Å². The summed E-state index contributed by atoms with van der Waals surface area (Å²) >= 11 is 11.8. The van der Waals surface area contributed by atoms with E-state index < -0.39 is 6.10 Å². The quantitative estimate of drug-likeness (QED) is 0.888. The first kappa shape index (κ1) is 13.2. The van der Waals surface area contributed by atoms with Crippen LogP contribution in [-0.4, -0.2) is 27.3 Å². The van der Waals surface area contributed by atoms with Crippen LogP contribution < -0.4 is 5.32 Å². The van der Waals surface area contributed by atoms with Gasteiger partial charge >= 0.3 is 0 Å². The summed E-state index contributed by atoms with van der Waals surface area (Å²) in [6.07, 6.45) is 4.62. The van der Waals surface area contributed by atoms with Gasteiger partial charge in [0, 0.05) is 24.0 Å². The maximum atomic E-state index is 9.85. The van der Waals surface area contributed by atoms with Crippen LogP contribution in [0.1, 0.15) is 0 Å². The molecular formula is C12H13Cl2N3O. The van der Waals surface area contributed by atoms with E-state index in [1.54, 1.807) is 36.9 Å². The standard InChI is InChI=1S/C12H13Cl2N3O/c13-9-1-2-12(11(14)5-9)16-6-10(18)7-17-4-3-15-8-17/h1-5,8,10,16,18H,6-7H2. The number of benzene rings is 1. The van der Waals surface area contributed by atoms with E-state index in [0.717, 1.165) is 5.69 Å². The Labute approximate surface area is 115 Å². The van der Waals surface area contributed by atoms with Crippen molar-refractivity contribution >= 4 is 28.9 Å². The van der Waals surface area contributed by atoms with Crippen molar-refractivity contribution in [3.63, 3.8) is 0 Å². The predicted octanol–water partition coefficient (Wildman–Crippen LogP) is 2.66. The van der Waals surface area contributed by atoms with Gasteiger partial charge in [-0.1, -0.05) is 23.2 Å². The summed E-state index contributed by atoms with van der Waals surface area (Å²) in [5, 5.41) is 14.1. The van der Waals surface area contributed by atoms with Gasteiger partial charge < -0.3 is 15.0 Å². The lowest BCUT2D eigenvalue weighted by molar-refractivity contribution is 0.166. The Hall–Kier alpha value is -1.23. The van der Waals surface area contributed by atoms with Gasteiger partial charge in [-0.3, -0.25) is 0 Å². The molecule has 0 bridgehead atoms. The number of imidazole rings is 1. The molecule has 2 rings (SSSR count). The van der Waals surface area contributed by atoms with E-state index in [1.165, 1.54) is 0 Å². The molecule has 0 saturated carbocycles. The molecule has 0 fully saturated rings. The van der Waals surface area contributed by atoms with E-state index in [-0.39, 0.29) is 0 Å².